The highest BCUT2D eigenvalue weighted by Gasteiger charge is 2.22. The third-order valence-corrected chi connectivity index (χ3v) is 4.18. The van der Waals surface area contributed by atoms with Crippen LogP contribution in [0.15, 0.2) is 76.9 Å². The molecule has 0 bridgehead atoms. The normalized spacial score (nSPS) is 12.0. The number of nitroso groups, excluding NO2 is 1. The Morgan fingerprint density at radius 3 is 2.52 bits per heavy atom. The first kappa shape index (κ1) is 16.6. The highest BCUT2D eigenvalue weighted by Crippen LogP contribution is 2.43. The van der Waals surface area contributed by atoms with Crippen molar-refractivity contribution in [2.24, 2.45) is 10.2 Å². The van der Waals surface area contributed by atoms with Crippen molar-refractivity contribution >= 4 is 23.0 Å². The Balaban J connectivity index is 1.92. The quantitative estimate of drug-likeness (QED) is 0.320. The van der Waals surface area contributed by atoms with E-state index in [0.717, 1.165) is 0 Å². The Kier molecular flexibility index (Phi) is 4.19. The number of ether oxygens (including phenoxy) is 1. The lowest BCUT2D eigenvalue weighted by atomic mass is 9.99. The van der Waals surface area contributed by atoms with E-state index in [0.29, 0.717) is 39.6 Å². The van der Waals surface area contributed by atoms with Crippen molar-refractivity contribution in [2.45, 2.75) is 0 Å². The van der Waals surface area contributed by atoms with E-state index in [4.69, 9.17) is 14.9 Å². The van der Waals surface area contributed by atoms with Crippen LogP contribution in [0.3, 0.4) is 0 Å². The van der Waals surface area contributed by atoms with E-state index in [1.165, 1.54) is 0 Å². The molecule has 0 unspecified atom stereocenters. The van der Waals surface area contributed by atoms with Crippen molar-refractivity contribution < 1.29 is 14.7 Å². The summed E-state index contributed by atoms with van der Waals surface area (Å²) in [5, 5.41) is 11.8. The Bertz CT molecular complexity index is 1070. The molecule has 1 heterocycles. The van der Waals surface area contributed by atoms with Crippen molar-refractivity contribution in [3.63, 3.8) is 0 Å². The maximum absolute atomic E-state index is 11.5. The fraction of sp³-hybridized carbons (Fsp3) is 0. The monoisotopic (exact) mass is 359 g/mol. The van der Waals surface area contributed by atoms with Crippen LogP contribution in [0.25, 0.3) is 0 Å². The molecule has 27 heavy (non-hydrogen) atoms. The molecule has 2 N–H and O–H groups in total. The van der Waals surface area contributed by atoms with E-state index in [1.807, 2.05) is 18.2 Å². The topological polar surface area (TPSA) is 100 Å². The van der Waals surface area contributed by atoms with E-state index in [-0.39, 0.29) is 5.69 Å². The predicted octanol–water partition coefficient (Wildman–Crippen LogP) is 4.48. The SMILES string of the molecule is O=Nc1cccc2c1Oc1ccccc1N=C2c1ccc(C(=O)NO)cc1. The van der Waals surface area contributed by atoms with Gasteiger partial charge in [-0.3, -0.25) is 10.0 Å². The Labute approximate surface area is 153 Å². The van der Waals surface area contributed by atoms with Gasteiger partial charge in [-0.2, -0.15) is 0 Å². The number of hydrogen-bond acceptors (Lipinski definition) is 6. The first-order valence-corrected chi connectivity index (χ1v) is 8.08. The van der Waals surface area contributed by atoms with Crippen LogP contribution in [0.5, 0.6) is 11.5 Å². The van der Waals surface area contributed by atoms with Gasteiger partial charge in [0, 0.05) is 16.7 Å². The minimum absolute atomic E-state index is 0.174. The van der Waals surface area contributed by atoms with Gasteiger partial charge in [0.2, 0.25) is 0 Å². The van der Waals surface area contributed by atoms with Crippen LogP contribution in [0.4, 0.5) is 11.4 Å². The Morgan fingerprint density at radius 1 is 1.00 bits per heavy atom. The summed E-state index contributed by atoms with van der Waals surface area (Å²) >= 11 is 0. The lowest BCUT2D eigenvalue weighted by Crippen LogP contribution is -2.18. The number of nitrogens with one attached hydrogen (secondary N) is 1. The molecule has 0 radical (unpaired) electrons. The number of carbonyl (C=O) groups excluding carboxylic acids is 1. The van der Waals surface area contributed by atoms with Gasteiger partial charge in [-0.25, -0.2) is 10.5 Å². The van der Waals surface area contributed by atoms with Crippen LogP contribution >= 0.6 is 0 Å². The van der Waals surface area contributed by atoms with Crippen LogP contribution < -0.4 is 10.2 Å². The molecule has 7 nitrogen and oxygen atoms in total. The minimum atomic E-state index is -0.606. The lowest BCUT2D eigenvalue weighted by molar-refractivity contribution is 0.0706. The number of hydroxylamine groups is 1. The molecule has 1 aliphatic rings. The van der Waals surface area contributed by atoms with Crippen molar-refractivity contribution in [3.8, 4) is 11.5 Å². The third-order valence-electron chi connectivity index (χ3n) is 4.18. The fourth-order valence-corrected chi connectivity index (χ4v) is 2.88. The summed E-state index contributed by atoms with van der Waals surface area (Å²) in [4.78, 5) is 27.5. The first-order valence-electron chi connectivity index (χ1n) is 8.08. The van der Waals surface area contributed by atoms with E-state index in [9.17, 15) is 9.70 Å². The number of rotatable bonds is 3. The highest BCUT2D eigenvalue weighted by atomic mass is 16.5. The van der Waals surface area contributed by atoms with Gasteiger partial charge in [-0.1, -0.05) is 30.3 Å². The number of aliphatic imine (C=N–C) groups is 1. The van der Waals surface area contributed by atoms with Crippen molar-refractivity contribution in [1.29, 1.82) is 0 Å². The zero-order valence-electron chi connectivity index (χ0n) is 13.9. The summed E-state index contributed by atoms with van der Waals surface area (Å²) in [6.07, 6.45) is 0. The lowest BCUT2D eigenvalue weighted by Gasteiger charge is -2.11. The molecule has 7 heteroatoms. The Morgan fingerprint density at radius 2 is 1.78 bits per heavy atom. The zero-order chi connectivity index (χ0) is 18.8. The molecular formula is C20H13N3O4. The molecule has 0 saturated carbocycles. The van der Waals surface area contributed by atoms with Crippen LogP contribution in [0, 0.1) is 4.91 Å². The fourth-order valence-electron chi connectivity index (χ4n) is 2.88. The van der Waals surface area contributed by atoms with Gasteiger partial charge in [0.05, 0.1) is 5.71 Å². The maximum atomic E-state index is 11.5. The molecule has 0 fully saturated rings. The zero-order valence-corrected chi connectivity index (χ0v) is 13.9. The van der Waals surface area contributed by atoms with Crippen LogP contribution in [-0.4, -0.2) is 16.8 Å². The second-order valence-corrected chi connectivity index (χ2v) is 5.79. The molecule has 0 aliphatic carbocycles. The number of fused-ring (bicyclic) bond motifs is 2. The molecule has 1 amide bonds. The van der Waals surface area contributed by atoms with Gasteiger partial charge in [0.1, 0.15) is 5.69 Å². The maximum Gasteiger partial charge on any atom is 0.274 e. The summed E-state index contributed by atoms with van der Waals surface area (Å²) in [6.45, 7) is 0. The van der Waals surface area contributed by atoms with Crippen molar-refractivity contribution in [2.75, 3.05) is 0 Å². The van der Waals surface area contributed by atoms with Crippen LogP contribution in [0.1, 0.15) is 21.5 Å². The number of carbonyl (C=O) groups is 1. The Hall–Kier alpha value is -3.84. The highest BCUT2D eigenvalue weighted by molar-refractivity contribution is 6.17. The standard InChI is InChI=1S/C20H13N3O4/c24-20(23-26)13-10-8-12(9-11-13)18-14-4-3-6-16(22-25)19(14)27-17-7-2-1-5-15(17)21-18/h1-11,26H,(H,23,24). The summed E-state index contributed by atoms with van der Waals surface area (Å²) in [6, 6.07) is 18.9. The summed E-state index contributed by atoms with van der Waals surface area (Å²) in [7, 11) is 0. The van der Waals surface area contributed by atoms with Gasteiger partial charge in [0.25, 0.3) is 5.91 Å². The third kappa shape index (κ3) is 2.96. The largest absolute Gasteiger partial charge is 0.452 e. The summed E-state index contributed by atoms with van der Waals surface area (Å²) in [5.74, 6) is 0.236. The molecule has 4 rings (SSSR count). The van der Waals surface area contributed by atoms with E-state index in [2.05, 4.69) is 5.18 Å². The molecule has 0 aromatic heterocycles. The summed E-state index contributed by atoms with van der Waals surface area (Å²) in [5.41, 5.74) is 4.59. The molecule has 3 aromatic rings. The molecule has 132 valence electrons. The van der Waals surface area contributed by atoms with E-state index >= 15 is 0 Å². The smallest absolute Gasteiger partial charge is 0.274 e. The van der Waals surface area contributed by atoms with Gasteiger partial charge < -0.3 is 4.74 Å². The van der Waals surface area contributed by atoms with Crippen molar-refractivity contribution in [3.05, 3.63) is 88.3 Å². The van der Waals surface area contributed by atoms with Gasteiger partial charge >= 0.3 is 0 Å². The molecule has 3 aromatic carbocycles. The number of hydrogen-bond donors (Lipinski definition) is 2. The average molecular weight is 359 g/mol. The number of amides is 1. The number of nitrogens with zero attached hydrogens (tertiary/aromatic N) is 2. The van der Waals surface area contributed by atoms with Gasteiger partial charge in [-0.15, -0.1) is 4.91 Å². The second kappa shape index (κ2) is 6.81. The van der Waals surface area contributed by atoms with Crippen molar-refractivity contribution in [1.82, 2.24) is 5.48 Å². The molecule has 0 saturated heterocycles. The predicted molar refractivity (Wildman–Crippen MR) is 99.4 cm³/mol. The molecular weight excluding hydrogens is 346 g/mol. The van der Waals surface area contributed by atoms with Gasteiger partial charge in [0.15, 0.2) is 17.2 Å². The average Bonchev–Trinajstić information content (AvgIpc) is 2.90. The van der Waals surface area contributed by atoms with Crippen LogP contribution in [0.2, 0.25) is 0 Å². The van der Waals surface area contributed by atoms with E-state index < -0.39 is 5.91 Å². The number of para-hydroxylation sites is 3. The summed E-state index contributed by atoms with van der Waals surface area (Å²) < 4.78 is 5.95. The first-order chi connectivity index (χ1) is 13.2. The van der Waals surface area contributed by atoms with Crippen LogP contribution in [-0.2, 0) is 0 Å². The minimum Gasteiger partial charge on any atom is -0.452 e. The van der Waals surface area contributed by atoms with Gasteiger partial charge in [-0.05, 0) is 41.6 Å². The molecule has 1 aliphatic heterocycles. The molecule has 0 atom stereocenters. The van der Waals surface area contributed by atoms with E-state index in [1.54, 1.807) is 54.0 Å². The second-order valence-electron chi connectivity index (χ2n) is 5.79. The molecule has 0 spiro atoms. The number of benzene rings is 3.